The van der Waals surface area contributed by atoms with Gasteiger partial charge in [0.25, 0.3) is 5.91 Å². The first kappa shape index (κ1) is 94.5. The number of anilines is 6. The SMILES string of the molecule is C=C(F)C(=O)N1CCN(c2nc(OC[C@@H]3CCCN3C)nc3c(F)c(-c4nc(N)cc(C)c4C(F)(F)F)c(Cl)cc23)[C@@H](C)C1.C=CC(=O)N1CCN(c2nc(OC[C@@H]3CCCN3C)nc3cc(-c4nc(N)ccc4C(F)(F)F)c(Cl)cc23)CC1.C=CC(=O)N1CCN(c2nc(OC[C@@H]3C[C@@H](C)CN3C)nc3c(F)c(-c4nc(N)cc(C)c4C(F)(F)F)c(Cl)cc23)[C@@H](C)C1. The van der Waals surface area contributed by atoms with Crippen LogP contribution in [0, 0.1) is 31.4 Å². The molecule has 0 spiro atoms. The Morgan fingerprint density at radius 2 is 0.938 bits per heavy atom. The summed E-state index contributed by atoms with van der Waals surface area (Å²) in [5.74, 6) is -3.61. The van der Waals surface area contributed by atoms with Crippen LogP contribution in [0.1, 0.15) is 80.7 Å². The maximum absolute atomic E-state index is 16.6. The number of pyridine rings is 3. The number of nitrogens with two attached hydrogens (primary N) is 3. The number of hydrogen-bond donors (Lipinski definition) is 3. The Morgan fingerprint density at radius 1 is 0.500 bits per heavy atom. The zero-order valence-electron chi connectivity index (χ0n) is 71.1. The third-order valence-corrected chi connectivity index (χ3v) is 24.7. The summed E-state index contributed by atoms with van der Waals surface area (Å²) >= 11 is 19.7. The van der Waals surface area contributed by atoms with Crippen molar-refractivity contribution < 1.29 is 81.3 Å². The van der Waals surface area contributed by atoms with Gasteiger partial charge < -0.3 is 70.6 Å². The molecule has 42 heteroatoms. The second-order valence-electron chi connectivity index (χ2n) is 32.7. The van der Waals surface area contributed by atoms with Crippen LogP contribution < -0.4 is 46.1 Å². The van der Waals surface area contributed by atoms with Gasteiger partial charge in [-0.05, 0) is 172 Å². The van der Waals surface area contributed by atoms with Gasteiger partial charge in [0.1, 0.15) is 65.8 Å². The molecule has 0 radical (unpaired) electrons. The molecule has 3 amide bonds. The highest BCUT2D eigenvalue weighted by Crippen LogP contribution is 2.49. The number of aryl methyl sites for hydroxylation is 2. The van der Waals surface area contributed by atoms with E-state index in [4.69, 9.17) is 71.2 Å². The summed E-state index contributed by atoms with van der Waals surface area (Å²) in [7, 11) is 5.97. The van der Waals surface area contributed by atoms with E-state index >= 15 is 8.78 Å². The van der Waals surface area contributed by atoms with Crippen LogP contribution in [0.5, 0.6) is 18.0 Å². The minimum atomic E-state index is -4.89. The van der Waals surface area contributed by atoms with E-state index in [1.165, 1.54) is 49.1 Å². The first-order chi connectivity index (χ1) is 60.4. The predicted molar refractivity (Wildman–Crippen MR) is 465 cm³/mol. The summed E-state index contributed by atoms with van der Waals surface area (Å²) < 4.78 is 191. The van der Waals surface area contributed by atoms with E-state index in [-0.39, 0.29) is 175 Å². The van der Waals surface area contributed by atoms with Gasteiger partial charge in [-0.25, -0.2) is 28.1 Å². The molecule has 0 unspecified atom stereocenters. The number of rotatable bonds is 18. The fourth-order valence-corrected chi connectivity index (χ4v) is 18.1. The number of amides is 3. The van der Waals surface area contributed by atoms with Crippen LogP contribution in [0.15, 0.2) is 86.2 Å². The Hall–Kier alpha value is -11.1. The van der Waals surface area contributed by atoms with Crippen LogP contribution in [-0.2, 0) is 32.9 Å². The summed E-state index contributed by atoms with van der Waals surface area (Å²) in [6, 6.07) is 9.21. The second-order valence-corrected chi connectivity index (χ2v) is 33.9. The van der Waals surface area contributed by atoms with Crippen molar-refractivity contribution in [2.75, 3.05) is 158 Å². The number of alkyl halides is 9. The number of fused-ring (bicyclic) bond motifs is 3. The van der Waals surface area contributed by atoms with Crippen molar-refractivity contribution in [1.29, 1.82) is 0 Å². The highest BCUT2D eigenvalue weighted by molar-refractivity contribution is 6.35. The number of ether oxygens (including phenoxy) is 3. The maximum atomic E-state index is 16.6. The lowest BCUT2D eigenvalue weighted by atomic mass is 9.99. The topological polar surface area (TPSA) is 302 Å². The standard InChI is InChI=1S/C30H34ClF4N7O2.C29H31ClF5N7O2.C27H29ClF3N7O2/c1-6-22(43)41-7-8-42(17(4)13-41)28-19-11-20(31)23(27-24(30(33,34)35)16(3)10-21(36)37-27)25(32)26(19)38-29(39-28)44-14-18-9-15(2)12-40(18)5;1-14-10-20(36)37-25(22(14)29(33,34)35)21-19(30)11-18-24(23(21)32)38-28(44-13-17-6-5-7-40(17)4)39-26(18)42-9-8-41(12-15(42)2)27(43)16(3)31;1-3-23(39)37-9-11-38(12-10-37)25-18-13-20(28)17(24-19(27(29,30)31)6-7-22(32)34-24)14-21(18)33-26(35-25)40-15-16-5-4-8-36(16)2/h6,10-11,15,17-18H,1,7-9,12-14H2,2-5H3,(H2,36,37);10-11,15,17H,3,5-9,12-13H2,1-2,4H3,(H2,36,37);3,6-7,13-14,16H,1,4-5,8-12,15H2,2H3,(H2,32,34)/t15-,17+,18+;15-,17-;16-/m100/s1. The molecule has 684 valence electrons. The smallest absolute Gasteiger partial charge is 0.418 e. The molecule has 0 saturated carbocycles. The third kappa shape index (κ3) is 20.3. The quantitative estimate of drug-likeness (QED) is 0.0531. The number of benzene rings is 3. The first-order valence-electron chi connectivity index (χ1n) is 41.1. The molecule has 12 heterocycles. The molecular weight excluding hydrogens is 1760 g/mol. The maximum Gasteiger partial charge on any atom is 0.418 e. The molecule has 9 aromatic rings. The lowest BCUT2D eigenvalue weighted by Crippen LogP contribution is -2.54. The van der Waals surface area contributed by atoms with Gasteiger partial charge in [0.15, 0.2) is 17.5 Å². The highest BCUT2D eigenvalue weighted by Gasteiger charge is 2.43. The lowest BCUT2D eigenvalue weighted by molar-refractivity contribution is -0.138. The molecule has 3 aromatic carbocycles. The predicted octanol–water partition coefficient (Wildman–Crippen LogP) is 15.0. The summed E-state index contributed by atoms with van der Waals surface area (Å²) in [6.07, 6.45) is -7.11. The van der Waals surface area contributed by atoms with E-state index in [9.17, 15) is 58.3 Å². The molecule has 6 N–H and O–H groups in total. The van der Waals surface area contributed by atoms with Crippen LogP contribution >= 0.6 is 34.8 Å². The van der Waals surface area contributed by atoms with Crippen LogP contribution in [0.2, 0.25) is 15.1 Å². The Balaban J connectivity index is 0.000000164. The molecule has 6 aliphatic rings. The summed E-state index contributed by atoms with van der Waals surface area (Å²) in [5, 5.41) is 0.199. The van der Waals surface area contributed by atoms with Crippen molar-refractivity contribution in [2.24, 2.45) is 5.92 Å². The highest BCUT2D eigenvalue weighted by atomic mass is 35.5. The number of carbonyl (C=O) groups is 3. The molecule has 6 saturated heterocycles. The second kappa shape index (κ2) is 38.3. The van der Waals surface area contributed by atoms with Gasteiger partial charge in [0.05, 0.1) is 65.5 Å². The summed E-state index contributed by atoms with van der Waals surface area (Å²) in [4.78, 5) is 92.2. The normalized spacial score (nSPS) is 19.8. The van der Waals surface area contributed by atoms with Gasteiger partial charge in [0, 0.05) is 124 Å². The van der Waals surface area contributed by atoms with Crippen molar-refractivity contribution in [3.63, 3.8) is 0 Å². The molecule has 15 rings (SSSR count). The fraction of sp³-hybridized carbons (Fsp3) is 0.442. The molecule has 0 aliphatic carbocycles. The number of carbonyl (C=O) groups excluding carboxylic acids is 3. The van der Waals surface area contributed by atoms with E-state index in [0.717, 1.165) is 76.0 Å². The average Bonchev–Trinajstić information content (AvgIpc) is 0.781. The van der Waals surface area contributed by atoms with Crippen LogP contribution in [0.4, 0.5) is 87.6 Å². The molecule has 6 fully saturated rings. The minimum Gasteiger partial charge on any atom is -0.462 e. The molecule has 6 aromatic heterocycles. The van der Waals surface area contributed by atoms with Crippen molar-refractivity contribution in [3.05, 3.63) is 141 Å². The number of halogens is 15. The van der Waals surface area contributed by atoms with Crippen molar-refractivity contribution >= 4 is 120 Å². The molecule has 6 atom stereocenters. The van der Waals surface area contributed by atoms with Crippen molar-refractivity contribution in [1.82, 2.24) is 74.3 Å². The van der Waals surface area contributed by atoms with Gasteiger partial charge >= 0.3 is 36.6 Å². The van der Waals surface area contributed by atoms with E-state index in [1.54, 1.807) is 27.7 Å². The molecular formula is C86H94Cl3F12N21O6. The fourth-order valence-electron chi connectivity index (χ4n) is 17.2. The Kier molecular flexibility index (Phi) is 28.3. The monoisotopic (exact) mass is 1850 g/mol. The van der Waals surface area contributed by atoms with Crippen LogP contribution in [0.3, 0.4) is 0 Å². The Morgan fingerprint density at radius 3 is 1.38 bits per heavy atom. The van der Waals surface area contributed by atoms with E-state index in [1.807, 2.05) is 37.9 Å². The van der Waals surface area contributed by atoms with E-state index in [0.29, 0.717) is 75.1 Å². The molecule has 0 bridgehead atoms. The van der Waals surface area contributed by atoms with Crippen LogP contribution in [-0.4, -0.2) is 248 Å². The first-order valence-corrected chi connectivity index (χ1v) is 42.2. The van der Waals surface area contributed by atoms with Gasteiger partial charge in [-0.3, -0.25) is 19.3 Å². The molecule has 128 heavy (non-hydrogen) atoms. The molecule has 27 nitrogen and oxygen atoms in total. The Bertz CT molecular complexity index is 5800. The van der Waals surface area contributed by atoms with Gasteiger partial charge in [-0.1, -0.05) is 61.5 Å². The van der Waals surface area contributed by atoms with Crippen molar-refractivity contribution in [2.45, 2.75) is 115 Å². The number of hydrogen-bond acceptors (Lipinski definition) is 24. The lowest BCUT2D eigenvalue weighted by Gasteiger charge is -2.40. The Labute approximate surface area is 743 Å². The van der Waals surface area contributed by atoms with Gasteiger partial charge in [0.2, 0.25) is 11.8 Å². The van der Waals surface area contributed by atoms with Crippen molar-refractivity contribution in [3.8, 4) is 51.8 Å². The zero-order valence-corrected chi connectivity index (χ0v) is 73.4. The van der Waals surface area contributed by atoms with Crippen LogP contribution in [0.25, 0.3) is 66.5 Å². The molecule has 6 aliphatic heterocycles. The van der Waals surface area contributed by atoms with Gasteiger partial charge in [-0.15, -0.1) is 0 Å². The summed E-state index contributed by atoms with van der Waals surface area (Å²) in [5.41, 5.74) is 10.3. The largest absolute Gasteiger partial charge is 0.462 e. The number of piperazine rings is 3. The third-order valence-electron chi connectivity index (χ3n) is 23.7. The van der Waals surface area contributed by atoms with Gasteiger partial charge in [-0.2, -0.15) is 69.4 Å². The average molecular weight is 1850 g/mol. The zero-order chi connectivity index (χ0) is 92.8. The summed E-state index contributed by atoms with van der Waals surface area (Å²) in [6.45, 7) is 25.2. The number of nitrogen functional groups attached to an aromatic ring is 3. The van der Waals surface area contributed by atoms with E-state index < -0.39 is 87.1 Å². The number of aromatic nitrogens is 9. The number of likely N-dealkylation sites (N-methyl/N-ethyl adjacent to an activating group) is 3. The number of nitrogens with zero attached hydrogens (tertiary/aromatic N) is 18. The number of likely N-dealkylation sites (tertiary alicyclic amines) is 3. The van der Waals surface area contributed by atoms with E-state index in [2.05, 4.69) is 81.2 Å². The minimum absolute atomic E-state index is 0.0429.